The van der Waals surface area contributed by atoms with Crippen LogP contribution in [0.25, 0.3) is 0 Å². The Morgan fingerprint density at radius 2 is 2.16 bits per heavy atom. The summed E-state index contributed by atoms with van der Waals surface area (Å²) < 4.78 is 19.0. The second-order valence-electron chi connectivity index (χ2n) is 5.92. The predicted octanol–water partition coefficient (Wildman–Crippen LogP) is 3.70. The van der Waals surface area contributed by atoms with Crippen LogP contribution in [-0.4, -0.2) is 24.0 Å². The molecule has 2 aromatic rings. The Morgan fingerprint density at radius 3 is 2.84 bits per heavy atom. The van der Waals surface area contributed by atoms with Crippen LogP contribution >= 0.6 is 24.0 Å². The molecule has 1 fully saturated rings. The van der Waals surface area contributed by atoms with Crippen LogP contribution in [0.15, 0.2) is 47.6 Å². The van der Waals surface area contributed by atoms with Crippen molar-refractivity contribution < 1.29 is 9.13 Å². The number of halogens is 2. The molecule has 0 amide bonds. The number of aromatic nitrogens is 1. The zero-order chi connectivity index (χ0) is 16.9. The first-order chi connectivity index (χ1) is 11.7. The topological polar surface area (TPSA) is 58.5 Å². The lowest BCUT2D eigenvalue weighted by molar-refractivity contribution is 0.450. The Morgan fingerprint density at radius 1 is 1.36 bits per heavy atom. The van der Waals surface area contributed by atoms with Gasteiger partial charge in [0.05, 0.1) is 0 Å². The highest BCUT2D eigenvalue weighted by molar-refractivity contribution is 14.0. The third-order valence-corrected chi connectivity index (χ3v) is 3.96. The van der Waals surface area contributed by atoms with Crippen molar-refractivity contribution in [3.63, 3.8) is 0 Å². The second-order valence-corrected chi connectivity index (χ2v) is 5.92. The summed E-state index contributed by atoms with van der Waals surface area (Å²) in [4.78, 5) is 8.47. The summed E-state index contributed by atoms with van der Waals surface area (Å²) in [6.07, 6.45) is 2.82. The third kappa shape index (κ3) is 5.55. The number of nitrogens with one attached hydrogen (secondary N) is 2. The monoisotopic (exact) mass is 456 g/mol. The number of guanidine groups is 1. The standard InChI is InChI=1S/C18H21FN4O.HI/c1-12-9-16(12)23-18(20-2)22-11-13-5-4-8-21-17(13)24-15-7-3-6-14(19)10-15;/h3-8,10,12,16H,9,11H2,1-2H3,(H2,20,22,23);1H. The van der Waals surface area contributed by atoms with Gasteiger partial charge < -0.3 is 15.4 Å². The van der Waals surface area contributed by atoms with Crippen molar-refractivity contribution in [1.29, 1.82) is 0 Å². The van der Waals surface area contributed by atoms with Gasteiger partial charge in [0, 0.05) is 37.5 Å². The molecule has 0 aliphatic heterocycles. The average Bonchev–Trinajstić information content (AvgIpc) is 3.27. The quantitative estimate of drug-likeness (QED) is 0.410. The molecule has 1 aliphatic rings. The molecule has 0 saturated heterocycles. The second kappa shape index (κ2) is 8.98. The van der Waals surface area contributed by atoms with Gasteiger partial charge in [-0.25, -0.2) is 9.37 Å². The molecule has 2 unspecified atom stereocenters. The first-order valence-corrected chi connectivity index (χ1v) is 8.00. The van der Waals surface area contributed by atoms with Crippen molar-refractivity contribution >= 4 is 29.9 Å². The molecule has 7 heteroatoms. The van der Waals surface area contributed by atoms with Gasteiger partial charge in [0.25, 0.3) is 0 Å². The normalized spacial score (nSPS) is 18.9. The first kappa shape index (κ1) is 19.4. The summed E-state index contributed by atoms with van der Waals surface area (Å²) in [5, 5.41) is 6.63. The SMILES string of the molecule is CN=C(NCc1cccnc1Oc1cccc(F)c1)NC1CC1C.I. The highest BCUT2D eigenvalue weighted by Crippen LogP contribution is 2.28. The summed E-state index contributed by atoms with van der Waals surface area (Å²) in [5.41, 5.74) is 0.869. The van der Waals surface area contributed by atoms with Gasteiger partial charge in [-0.3, -0.25) is 4.99 Å². The summed E-state index contributed by atoms with van der Waals surface area (Å²) in [5.74, 6) is 1.97. The lowest BCUT2D eigenvalue weighted by Gasteiger charge is -2.14. The summed E-state index contributed by atoms with van der Waals surface area (Å²) in [6, 6.07) is 10.3. The maximum atomic E-state index is 13.3. The van der Waals surface area contributed by atoms with Crippen molar-refractivity contribution in [1.82, 2.24) is 15.6 Å². The van der Waals surface area contributed by atoms with Crippen LogP contribution in [-0.2, 0) is 6.54 Å². The van der Waals surface area contributed by atoms with E-state index in [1.165, 1.54) is 18.6 Å². The van der Waals surface area contributed by atoms with Crippen LogP contribution in [0, 0.1) is 11.7 Å². The predicted molar refractivity (Wildman–Crippen MR) is 107 cm³/mol. The van der Waals surface area contributed by atoms with Crippen molar-refractivity contribution in [3.8, 4) is 11.6 Å². The van der Waals surface area contributed by atoms with E-state index in [4.69, 9.17) is 4.74 Å². The maximum Gasteiger partial charge on any atom is 0.224 e. The number of hydrogen-bond donors (Lipinski definition) is 2. The molecule has 0 spiro atoms. The van der Waals surface area contributed by atoms with Crippen LogP contribution in [0.2, 0.25) is 0 Å². The zero-order valence-electron chi connectivity index (χ0n) is 14.2. The molecule has 2 N–H and O–H groups in total. The fraction of sp³-hybridized carbons (Fsp3) is 0.333. The van der Waals surface area contributed by atoms with Crippen LogP contribution in [0.5, 0.6) is 11.6 Å². The van der Waals surface area contributed by atoms with E-state index in [2.05, 4.69) is 27.5 Å². The number of rotatable bonds is 5. The number of nitrogens with zero attached hydrogens (tertiary/aromatic N) is 2. The molecule has 1 aliphatic carbocycles. The molecule has 0 bridgehead atoms. The smallest absolute Gasteiger partial charge is 0.224 e. The summed E-state index contributed by atoms with van der Waals surface area (Å²) in [6.45, 7) is 2.72. The van der Waals surface area contributed by atoms with Crippen molar-refractivity contribution in [2.75, 3.05) is 7.05 Å². The van der Waals surface area contributed by atoms with E-state index in [1.807, 2.05) is 12.1 Å². The van der Waals surface area contributed by atoms with Crippen LogP contribution in [0.3, 0.4) is 0 Å². The van der Waals surface area contributed by atoms with Crippen molar-refractivity contribution in [2.45, 2.75) is 25.9 Å². The van der Waals surface area contributed by atoms with Gasteiger partial charge in [-0.15, -0.1) is 24.0 Å². The Kier molecular flexibility index (Phi) is 6.98. The fourth-order valence-electron chi connectivity index (χ4n) is 2.37. The first-order valence-electron chi connectivity index (χ1n) is 8.00. The molecular formula is C18H22FIN4O. The number of ether oxygens (including phenoxy) is 1. The van der Waals surface area contributed by atoms with E-state index in [1.54, 1.807) is 25.4 Å². The van der Waals surface area contributed by atoms with E-state index in [0.717, 1.165) is 11.5 Å². The molecule has 25 heavy (non-hydrogen) atoms. The van der Waals surface area contributed by atoms with Crippen LogP contribution in [0.4, 0.5) is 4.39 Å². The molecule has 134 valence electrons. The highest BCUT2D eigenvalue weighted by Gasteiger charge is 2.33. The molecule has 1 heterocycles. The van der Waals surface area contributed by atoms with E-state index in [0.29, 0.717) is 30.1 Å². The Labute approximate surface area is 164 Å². The molecular weight excluding hydrogens is 434 g/mol. The summed E-state index contributed by atoms with van der Waals surface area (Å²) >= 11 is 0. The number of aliphatic imine (C=N–C) groups is 1. The van der Waals surface area contributed by atoms with E-state index < -0.39 is 0 Å². The minimum Gasteiger partial charge on any atom is -0.439 e. The fourth-order valence-corrected chi connectivity index (χ4v) is 2.37. The Hall–Kier alpha value is -1.90. The van der Waals surface area contributed by atoms with Gasteiger partial charge in [-0.2, -0.15) is 0 Å². The maximum absolute atomic E-state index is 13.3. The number of hydrogen-bond acceptors (Lipinski definition) is 3. The largest absolute Gasteiger partial charge is 0.439 e. The molecule has 2 atom stereocenters. The molecule has 3 rings (SSSR count). The minimum atomic E-state index is -0.341. The van der Waals surface area contributed by atoms with Crippen molar-refractivity contribution in [3.05, 3.63) is 54.0 Å². The number of pyridine rings is 1. The van der Waals surface area contributed by atoms with Gasteiger partial charge in [-0.1, -0.05) is 19.1 Å². The van der Waals surface area contributed by atoms with Gasteiger partial charge in [0.1, 0.15) is 11.6 Å². The van der Waals surface area contributed by atoms with E-state index >= 15 is 0 Å². The van der Waals surface area contributed by atoms with Gasteiger partial charge in [-0.05, 0) is 30.5 Å². The highest BCUT2D eigenvalue weighted by atomic mass is 127. The van der Waals surface area contributed by atoms with Gasteiger partial charge in [0.2, 0.25) is 5.88 Å². The molecule has 1 aromatic carbocycles. The average molecular weight is 456 g/mol. The van der Waals surface area contributed by atoms with Crippen molar-refractivity contribution in [2.24, 2.45) is 10.9 Å². The zero-order valence-corrected chi connectivity index (χ0v) is 16.5. The molecule has 1 aromatic heterocycles. The van der Waals surface area contributed by atoms with E-state index in [9.17, 15) is 4.39 Å². The Balaban J connectivity index is 0.00000225. The minimum absolute atomic E-state index is 0. The van der Waals surface area contributed by atoms with Gasteiger partial charge in [0.15, 0.2) is 5.96 Å². The lowest BCUT2D eigenvalue weighted by atomic mass is 10.2. The number of benzene rings is 1. The van der Waals surface area contributed by atoms with Crippen LogP contribution in [0.1, 0.15) is 18.9 Å². The van der Waals surface area contributed by atoms with E-state index in [-0.39, 0.29) is 29.8 Å². The molecule has 0 radical (unpaired) electrons. The third-order valence-electron chi connectivity index (χ3n) is 3.96. The van der Waals surface area contributed by atoms with Gasteiger partial charge >= 0.3 is 0 Å². The molecule has 5 nitrogen and oxygen atoms in total. The Bertz CT molecular complexity index is 741. The molecule has 1 saturated carbocycles. The lowest BCUT2D eigenvalue weighted by Crippen LogP contribution is -2.38. The van der Waals surface area contributed by atoms with Crippen LogP contribution < -0.4 is 15.4 Å². The summed E-state index contributed by atoms with van der Waals surface area (Å²) in [7, 11) is 1.75.